The molecule has 0 aromatic carbocycles. The molecule has 2 aromatic heterocycles. The number of hydrogen-bond acceptors (Lipinski definition) is 3. The molecule has 0 radical (unpaired) electrons. The molecule has 0 bridgehead atoms. The third kappa shape index (κ3) is 3.16. The van der Waals surface area contributed by atoms with Crippen molar-refractivity contribution in [3.63, 3.8) is 0 Å². The normalized spacial score (nSPS) is 12.7. The zero-order valence-electron chi connectivity index (χ0n) is 10.8. The summed E-state index contributed by atoms with van der Waals surface area (Å²) in [5.74, 6) is 0. The molecule has 0 aliphatic rings. The maximum absolute atomic E-state index is 10.3. The molecule has 0 saturated carbocycles. The molecular formula is C13H15BrClN3O. The van der Waals surface area contributed by atoms with E-state index >= 15 is 0 Å². The highest BCUT2D eigenvalue weighted by Crippen LogP contribution is 2.27. The number of hydrogen-bond donors (Lipinski definition) is 1. The molecule has 0 fully saturated rings. The van der Waals surface area contributed by atoms with Gasteiger partial charge in [0.25, 0.3) is 0 Å². The Bertz CT molecular complexity index is 585. The van der Waals surface area contributed by atoms with Crippen molar-refractivity contribution in [2.75, 3.05) is 0 Å². The first-order chi connectivity index (χ1) is 9.02. The number of rotatable bonds is 4. The molecule has 2 rings (SSSR count). The molecule has 1 atom stereocenters. The van der Waals surface area contributed by atoms with E-state index in [0.717, 1.165) is 27.8 Å². The van der Waals surface area contributed by atoms with Gasteiger partial charge in [-0.05, 0) is 40.0 Å². The largest absolute Gasteiger partial charge is 0.388 e. The second-order valence-corrected chi connectivity index (χ2v) is 5.50. The Morgan fingerprint density at radius 1 is 1.53 bits per heavy atom. The zero-order valence-corrected chi connectivity index (χ0v) is 13.1. The average Bonchev–Trinajstić information content (AvgIpc) is 2.66. The number of aromatic nitrogens is 3. The first-order valence-corrected chi connectivity index (χ1v) is 7.19. The van der Waals surface area contributed by atoms with Crippen LogP contribution in [0.25, 0.3) is 0 Å². The molecule has 0 amide bonds. The van der Waals surface area contributed by atoms with Crippen molar-refractivity contribution in [3.8, 4) is 0 Å². The van der Waals surface area contributed by atoms with Crippen LogP contribution in [0.1, 0.15) is 30.0 Å². The smallest absolute Gasteiger partial charge is 0.129 e. The quantitative estimate of drug-likeness (QED) is 0.867. The number of aliphatic hydroxyl groups is 1. The van der Waals surface area contributed by atoms with E-state index in [1.807, 2.05) is 7.05 Å². The van der Waals surface area contributed by atoms with E-state index in [0.29, 0.717) is 11.6 Å². The van der Waals surface area contributed by atoms with Crippen molar-refractivity contribution in [1.29, 1.82) is 0 Å². The second kappa shape index (κ2) is 6.03. The SMILES string of the molecule is CCc1nn(C)c(CC(O)c2ccnc(Cl)c2)c1Br. The summed E-state index contributed by atoms with van der Waals surface area (Å²) in [5.41, 5.74) is 2.72. The average molecular weight is 345 g/mol. The first-order valence-electron chi connectivity index (χ1n) is 6.02. The van der Waals surface area contributed by atoms with E-state index in [-0.39, 0.29) is 0 Å². The number of aliphatic hydroxyl groups excluding tert-OH is 1. The van der Waals surface area contributed by atoms with Gasteiger partial charge in [0.05, 0.1) is 22.0 Å². The monoisotopic (exact) mass is 343 g/mol. The third-order valence-corrected chi connectivity index (χ3v) is 4.15. The minimum atomic E-state index is -0.628. The van der Waals surface area contributed by atoms with Gasteiger partial charge in [0.1, 0.15) is 5.15 Å². The highest BCUT2D eigenvalue weighted by atomic mass is 79.9. The van der Waals surface area contributed by atoms with Crippen molar-refractivity contribution < 1.29 is 5.11 Å². The molecule has 1 N–H and O–H groups in total. The van der Waals surface area contributed by atoms with E-state index < -0.39 is 6.10 Å². The van der Waals surface area contributed by atoms with Crippen molar-refractivity contribution in [2.24, 2.45) is 7.05 Å². The lowest BCUT2D eigenvalue weighted by molar-refractivity contribution is 0.175. The van der Waals surface area contributed by atoms with Crippen LogP contribution in [0.2, 0.25) is 5.15 Å². The molecule has 0 aliphatic heterocycles. The highest BCUT2D eigenvalue weighted by molar-refractivity contribution is 9.10. The Hall–Kier alpha value is -0.910. The summed E-state index contributed by atoms with van der Waals surface area (Å²) in [6.07, 6.45) is 2.30. The fourth-order valence-corrected chi connectivity index (χ4v) is 2.93. The van der Waals surface area contributed by atoms with Gasteiger partial charge in [0, 0.05) is 19.7 Å². The summed E-state index contributed by atoms with van der Waals surface area (Å²) in [6, 6.07) is 3.44. The third-order valence-electron chi connectivity index (χ3n) is 3.03. The second-order valence-electron chi connectivity index (χ2n) is 4.32. The maximum atomic E-state index is 10.3. The molecule has 0 spiro atoms. The number of halogens is 2. The zero-order chi connectivity index (χ0) is 14.0. The lowest BCUT2D eigenvalue weighted by atomic mass is 10.1. The lowest BCUT2D eigenvalue weighted by Gasteiger charge is -2.11. The fourth-order valence-electron chi connectivity index (χ4n) is 1.97. The van der Waals surface area contributed by atoms with Crippen LogP contribution in [-0.4, -0.2) is 19.9 Å². The van der Waals surface area contributed by atoms with Crippen LogP contribution in [0.3, 0.4) is 0 Å². The fraction of sp³-hybridized carbons (Fsp3) is 0.385. The van der Waals surface area contributed by atoms with Crippen molar-refractivity contribution in [3.05, 3.63) is 44.9 Å². The van der Waals surface area contributed by atoms with Crippen LogP contribution in [0, 0.1) is 0 Å². The summed E-state index contributed by atoms with van der Waals surface area (Å²) in [7, 11) is 1.88. The van der Waals surface area contributed by atoms with E-state index in [1.165, 1.54) is 0 Å². The molecule has 4 nitrogen and oxygen atoms in total. The molecule has 2 aromatic rings. The van der Waals surface area contributed by atoms with Gasteiger partial charge in [-0.3, -0.25) is 4.68 Å². The van der Waals surface area contributed by atoms with Gasteiger partial charge >= 0.3 is 0 Å². The number of pyridine rings is 1. The van der Waals surface area contributed by atoms with Crippen LogP contribution in [0.15, 0.2) is 22.8 Å². The van der Waals surface area contributed by atoms with Crippen molar-refractivity contribution in [1.82, 2.24) is 14.8 Å². The molecule has 0 aliphatic carbocycles. The van der Waals surface area contributed by atoms with Crippen molar-refractivity contribution in [2.45, 2.75) is 25.9 Å². The Morgan fingerprint density at radius 3 is 2.84 bits per heavy atom. The lowest BCUT2D eigenvalue weighted by Crippen LogP contribution is -2.07. The summed E-state index contributed by atoms with van der Waals surface area (Å²) >= 11 is 9.38. The Labute approximate surface area is 125 Å². The predicted molar refractivity (Wildman–Crippen MR) is 78.2 cm³/mol. The number of nitrogens with zero attached hydrogens (tertiary/aromatic N) is 3. The summed E-state index contributed by atoms with van der Waals surface area (Å²) in [5, 5.41) is 15.1. The van der Waals surface area contributed by atoms with E-state index in [9.17, 15) is 5.11 Å². The molecule has 2 heterocycles. The Balaban J connectivity index is 2.24. The summed E-state index contributed by atoms with van der Waals surface area (Å²) < 4.78 is 2.77. The van der Waals surface area contributed by atoms with Gasteiger partial charge in [-0.25, -0.2) is 4.98 Å². The van der Waals surface area contributed by atoms with Gasteiger partial charge in [-0.2, -0.15) is 5.10 Å². The van der Waals surface area contributed by atoms with E-state index in [4.69, 9.17) is 11.6 Å². The Morgan fingerprint density at radius 2 is 2.26 bits per heavy atom. The molecule has 0 saturated heterocycles. The van der Waals surface area contributed by atoms with Gasteiger partial charge in [0.15, 0.2) is 0 Å². The van der Waals surface area contributed by atoms with Crippen molar-refractivity contribution >= 4 is 27.5 Å². The maximum Gasteiger partial charge on any atom is 0.129 e. The molecule has 1 unspecified atom stereocenters. The Kier molecular flexibility index (Phi) is 4.60. The van der Waals surface area contributed by atoms with E-state index in [2.05, 4.69) is 32.9 Å². The van der Waals surface area contributed by atoms with Gasteiger partial charge < -0.3 is 5.11 Å². The summed E-state index contributed by atoms with van der Waals surface area (Å²) in [4.78, 5) is 3.91. The van der Waals surface area contributed by atoms with Crippen LogP contribution < -0.4 is 0 Å². The highest BCUT2D eigenvalue weighted by Gasteiger charge is 2.17. The molecular weight excluding hydrogens is 330 g/mol. The van der Waals surface area contributed by atoms with Crippen LogP contribution >= 0.6 is 27.5 Å². The van der Waals surface area contributed by atoms with Gasteiger partial charge in [-0.15, -0.1) is 0 Å². The first kappa shape index (κ1) is 14.5. The number of aryl methyl sites for hydroxylation is 2. The minimum Gasteiger partial charge on any atom is -0.388 e. The van der Waals surface area contributed by atoms with Crippen LogP contribution in [0.5, 0.6) is 0 Å². The van der Waals surface area contributed by atoms with Gasteiger partial charge in [-0.1, -0.05) is 18.5 Å². The van der Waals surface area contributed by atoms with Crippen LogP contribution in [0.4, 0.5) is 0 Å². The molecule has 6 heteroatoms. The predicted octanol–water partition coefficient (Wildman–Crippen LogP) is 3.07. The van der Waals surface area contributed by atoms with Crippen LogP contribution in [-0.2, 0) is 19.9 Å². The molecule has 102 valence electrons. The summed E-state index contributed by atoms with van der Waals surface area (Å²) in [6.45, 7) is 2.05. The van der Waals surface area contributed by atoms with E-state index in [1.54, 1.807) is 23.0 Å². The standard InChI is InChI=1S/C13H15BrClN3O/c1-3-9-13(14)10(18(2)17-9)7-11(19)8-4-5-16-12(15)6-8/h4-6,11,19H,3,7H2,1-2H3. The minimum absolute atomic E-state index is 0.384. The topological polar surface area (TPSA) is 50.9 Å². The molecule has 19 heavy (non-hydrogen) atoms. The van der Waals surface area contributed by atoms with Gasteiger partial charge in [0.2, 0.25) is 0 Å².